The molecular formula is C35H40Cl2N4O11. The lowest BCUT2D eigenvalue weighted by Gasteiger charge is -2.19. The molecule has 3 rings (SSSR count). The van der Waals surface area contributed by atoms with Gasteiger partial charge in [-0.1, -0.05) is 35.3 Å². The summed E-state index contributed by atoms with van der Waals surface area (Å²) in [7, 11) is 1.09. The minimum atomic E-state index is -1.39. The van der Waals surface area contributed by atoms with Gasteiger partial charge in [0.05, 0.1) is 35.9 Å². The van der Waals surface area contributed by atoms with Crippen LogP contribution in [0.3, 0.4) is 0 Å². The Morgan fingerprint density at radius 2 is 1.46 bits per heavy atom. The van der Waals surface area contributed by atoms with Crippen molar-refractivity contribution >= 4 is 53.0 Å². The molecular weight excluding hydrogens is 723 g/mol. The van der Waals surface area contributed by atoms with E-state index in [0.717, 1.165) is 7.11 Å². The highest BCUT2D eigenvalue weighted by Gasteiger charge is 2.26. The van der Waals surface area contributed by atoms with Crippen LogP contribution in [-0.4, -0.2) is 91.7 Å². The molecule has 52 heavy (non-hydrogen) atoms. The van der Waals surface area contributed by atoms with Crippen LogP contribution in [0.25, 0.3) is 0 Å². The highest BCUT2D eigenvalue weighted by molar-refractivity contribution is 6.40. The molecule has 0 aliphatic rings. The van der Waals surface area contributed by atoms with Crippen molar-refractivity contribution in [3.8, 4) is 17.2 Å². The van der Waals surface area contributed by atoms with E-state index in [2.05, 4.69) is 21.3 Å². The topological polar surface area (TPSA) is 211 Å². The van der Waals surface area contributed by atoms with E-state index in [9.17, 15) is 34.2 Å². The molecule has 0 bridgehead atoms. The fourth-order valence-electron chi connectivity index (χ4n) is 4.39. The molecule has 0 aliphatic carbocycles. The Labute approximate surface area is 309 Å². The average Bonchev–Trinajstić information content (AvgIpc) is 3.06. The molecule has 3 aromatic rings. The summed E-state index contributed by atoms with van der Waals surface area (Å²) in [6.45, 7) is 5.52. The number of ether oxygens (including phenoxy) is 4. The Hall–Kier alpha value is -5.25. The number of carbonyl (C=O) groups excluding carboxylic acids is 5. The van der Waals surface area contributed by atoms with E-state index in [0.29, 0.717) is 5.56 Å². The first kappa shape index (κ1) is 41.2. The first-order valence-corrected chi connectivity index (χ1v) is 16.6. The van der Waals surface area contributed by atoms with Crippen LogP contribution in [0.2, 0.25) is 10.0 Å². The second-order valence-corrected chi connectivity index (χ2v) is 12.8. The summed E-state index contributed by atoms with van der Waals surface area (Å²) < 4.78 is 20.9. The Morgan fingerprint density at radius 1 is 0.788 bits per heavy atom. The standard InChI is InChI=1S/C35H40Cl2N4O11/c1-35(2,3)52-34(48)38-8-9-50-10-11-51-25-14-21(13-24(43)17-25)30(44)40-19-28(33(47)49-4)41-32(46)29-26(36)15-22(16-27(29)37)31(45)39-18-20-6-5-7-23(42)12-20/h5-7,12-17,28,42-43H,8-11,18-19H2,1-4H3,(H,38,48)(H,39,45)(H,40,44)(H,41,46)/t28-/m0/s1. The number of phenolic OH excluding ortho intramolecular Hbond substituents is 2. The summed E-state index contributed by atoms with van der Waals surface area (Å²) in [4.78, 5) is 63.1. The van der Waals surface area contributed by atoms with Gasteiger partial charge in [-0.2, -0.15) is 0 Å². The number of hydrogen-bond donors (Lipinski definition) is 6. The second kappa shape index (κ2) is 19.4. The van der Waals surface area contributed by atoms with E-state index < -0.39 is 48.0 Å². The second-order valence-electron chi connectivity index (χ2n) is 12.0. The summed E-state index contributed by atoms with van der Waals surface area (Å²) in [6.07, 6.45) is -0.566. The van der Waals surface area contributed by atoms with Gasteiger partial charge in [-0.3, -0.25) is 14.4 Å². The van der Waals surface area contributed by atoms with Gasteiger partial charge in [0.1, 0.15) is 35.5 Å². The fourth-order valence-corrected chi connectivity index (χ4v) is 5.05. The first-order chi connectivity index (χ1) is 24.6. The number of nitrogens with one attached hydrogen (secondary N) is 4. The van der Waals surface area contributed by atoms with E-state index in [1.54, 1.807) is 32.9 Å². The average molecular weight is 764 g/mol. The number of phenols is 2. The Morgan fingerprint density at radius 3 is 2.12 bits per heavy atom. The molecule has 0 saturated heterocycles. The largest absolute Gasteiger partial charge is 0.508 e. The summed E-state index contributed by atoms with van der Waals surface area (Å²) in [5.74, 6) is -3.13. The number of alkyl carbamates (subject to hydrolysis) is 1. The lowest BCUT2D eigenvalue weighted by molar-refractivity contribution is -0.142. The van der Waals surface area contributed by atoms with Crippen molar-refractivity contribution in [3.05, 3.63) is 86.9 Å². The molecule has 0 aromatic heterocycles. The molecule has 15 nitrogen and oxygen atoms in total. The van der Waals surface area contributed by atoms with E-state index in [-0.39, 0.29) is 76.9 Å². The number of esters is 1. The summed E-state index contributed by atoms with van der Waals surface area (Å²) in [5.41, 5.74) is -0.168. The zero-order valence-corrected chi connectivity index (χ0v) is 30.4. The van der Waals surface area contributed by atoms with Gasteiger partial charge in [0.15, 0.2) is 0 Å². The van der Waals surface area contributed by atoms with Gasteiger partial charge in [-0.25, -0.2) is 9.59 Å². The molecule has 0 saturated carbocycles. The maximum absolute atomic E-state index is 13.2. The predicted molar refractivity (Wildman–Crippen MR) is 190 cm³/mol. The van der Waals surface area contributed by atoms with Crippen molar-refractivity contribution in [3.63, 3.8) is 0 Å². The van der Waals surface area contributed by atoms with Crippen molar-refractivity contribution in [2.45, 2.75) is 39.0 Å². The minimum Gasteiger partial charge on any atom is -0.508 e. The van der Waals surface area contributed by atoms with Gasteiger partial charge in [0.2, 0.25) is 0 Å². The third-order valence-electron chi connectivity index (χ3n) is 6.72. The molecule has 17 heteroatoms. The molecule has 0 unspecified atom stereocenters. The number of amides is 4. The monoisotopic (exact) mass is 762 g/mol. The van der Waals surface area contributed by atoms with E-state index in [1.165, 1.54) is 42.5 Å². The number of rotatable bonds is 16. The Balaban J connectivity index is 1.54. The SMILES string of the molecule is COC(=O)[C@H](CNC(=O)c1cc(O)cc(OCCOCCNC(=O)OC(C)(C)C)c1)NC(=O)c1c(Cl)cc(C(=O)NCc2cccc(O)c2)cc1Cl. The van der Waals surface area contributed by atoms with Gasteiger partial charge in [-0.05, 0) is 62.7 Å². The van der Waals surface area contributed by atoms with Crippen LogP contribution in [0, 0.1) is 0 Å². The Bertz CT molecular complexity index is 1740. The zero-order chi connectivity index (χ0) is 38.4. The predicted octanol–water partition coefficient (Wildman–Crippen LogP) is 3.96. The number of hydrogen-bond acceptors (Lipinski definition) is 11. The first-order valence-electron chi connectivity index (χ1n) is 15.8. The van der Waals surface area contributed by atoms with Crippen LogP contribution in [-0.2, 0) is 25.5 Å². The Kier molecular flexibility index (Phi) is 15.3. The minimum absolute atomic E-state index is 0.0172. The molecule has 0 heterocycles. The van der Waals surface area contributed by atoms with Crippen molar-refractivity contribution in [2.24, 2.45) is 0 Å². The van der Waals surface area contributed by atoms with Gasteiger partial charge < -0.3 is 50.4 Å². The smallest absolute Gasteiger partial charge is 0.407 e. The molecule has 1 atom stereocenters. The van der Waals surface area contributed by atoms with Crippen molar-refractivity contribution < 1.29 is 53.1 Å². The third-order valence-corrected chi connectivity index (χ3v) is 7.31. The van der Waals surface area contributed by atoms with E-state index in [1.807, 2.05) is 0 Å². The van der Waals surface area contributed by atoms with Crippen LogP contribution in [0.1, 0.15) is 57.4 Å². The summed E-state index contributed by atoms with van der Waals surface area (Å²) >= 11 is 12.7. The molecule has 3 aromatic carbocycles. The van der Waals surface area contributed by atoms with E-state index >= 15 is 0 Å². The molecule has 0 fully saturated rings. The summed E-state index contributed by atoms with van der Waals surface area (Å²) in [5, 5.41) is 29.5. The highest BCUT2D eigenvalue weighted by atomic mass is 35.5. The maximum Gasteiger partial charge on any atom is 0.407 e. The quantitative estimate of drug-likeness (QED) is 0.0909. The van der Waals surface area contributed by atoms with Crippen LogP contribution in [0.4, 0.5) is 4.79 Å². The van der Waals surface area contributed by atoms with Gasteiger partial charge >= 0.3 is 12.1 Å². The number of methoxy groups -OCH3 is 1. The summed E-state index contributed by atoms with van der Waals surface area (Å²) in [6, 6.07) is 11.2. The van der Waals surface area contributed by atoms with Crippen LogP contribution >= 0.6 is 23.2 Å². The molecule has 0 aliphatic heterocycles. The number of aromatic hydroxyl groups is 2. The van der Waals surface area contributed by atoms with E-state index in [4.69, 9.17) is 42.1 Å². The molecule has 0 radical (unpaired) electrons. The van der Waals surface area contributed by atoms with Crippen molar-refractivity contribution in [2.75, 3.05) is 40.0 Å². The zero-order valence-electron chi connectivity index (χ0n) is 28.8. The van der Waals surface area contributed by atoms with Crippen LogP contribution in [0.15, 0.2) is 54.6 Å². The lowest BCUT2D eigenvalue weighted by atomic mass is 10.1. The molecule has 280 valence electrons. The van der Waals surface area contributed by atoms with Gasteiger partial charge in [-0.15, -0.1) is 0 Å². The van der Waals surface area contributed by atoms with Crippen molar-refractivity contribution in [1.82, 2.24) is 21.3 Å². The molecule has 0 spiro atoms. The van der Waals surface area contributed by atoms with Gasteiger partial charge in [0, 0.05) is 36.8 Å². The fraction of sp³-hybridized carbons (Fsp3) is 0.343. The number of halogens is 2. The van der Waals surface area contributed by atoms with Crippen LogP contribution in [0.5, 0.6) is 17.2 Å². The molecule has 6 N–H and O–H groups in total. The van der Waals surface area contributed by atoms with Gasteiger partial charge in [0.25, 0.3) is 17.7 Å². The molecule has 4 amide bonds. The van der Waals surface area contributed by atoms with Crippen molar-refractivity contribution in [1.29, 1.82) is 0 Å². The number of benzene rings is 3. The third kappa shape index (κ3) is 13.5. The maximum atomic E-state index is 13.2. The highest BCUT2D eigenvalue weighted by Crippen LogP contribution is 2.27. The number of carbonyl (C=O) groups is 5. The van der Waals surface area contributed by atoms with Crippen LogP contribution < -0.4 is 26.0 Å². The normalized spacial score (nSPS) is 11.5. The lowest BCUT2D eigenvalue weighted by Crippen LogP contribution is -2.49.